The van der Waals surface area contributed by atoms with Crippen LogP contribution < -0.4 is 0 Å². The first kappa shape index (κ1) is 12.7. The molecule has 1 aliphatic rings. The van der Waals surface area contributed by atoms with Gasteiger partial charge in [-0.2, -0.15) is 0 Å². The monoisotopic (exact) mass is 213 g/mol. The molecule has 3 heteroatoms. The van der Waals surface area contributed by atoms with Crippen LogP contribution in [0.15, 0.2) is 0 Å². The summed E-state index contributed by atoms with van der Waals surface area (Å²) in [6.07, 6.45) is 5.43. The molecule has 0 aliphatic carbocycles. The van der Waals surface area contributed by atoms with E-state index in [1.165, 1.54) is 12.8 Å². The van der Waals surface area contributed by atoms with Gasteiger partial charge in [0.2, 0.25) is 0 Å². The lowest BCUT2D eigenvalue weighted by Gasteiger charge is -2.30. The van der Waals surface area contributed by atoms with Gasteiger partial charge in [0, 0.05) is 24.6 Å². The van der Waals surface area contributed by atoms with Gasteiger partial charge in [0.1, 0.15) is 6.29 Å². The summed E-state index contributed by atoms with van der Waals surface area (Å²) in [6.45, 7) is 6.21. The Balaban J connectivity index is 2.42. The minimum Gasteiger partial charge on any atom is -0.396 e. The minimum absolute atomic E-state index is 0.234. The van der Waals surface area contributed by atoms with Gasteiger partial charge >= 0.3 is 0 Å². The number of nitrogens with zero attached hydrogens (tertiary/aromatic N) is 1. The first-order valence-electron chi connectivity index (χ1n) is 5.90. The molecular weight excluding hydrogens is 190 g/mol. The van der Waals surface area contributed by atoms with Gasteiger partial charge in [0.25, 0.3) is 0 Å². The Hall–Kier alpha value is -0.410. The molecule has 3 nitrogen and oxygen atoms in total. The zero-order valence-electron chi connectivity index (χ0n) is 9.91. The molecule has 1 atom stereocenters. The van der Waals surface area contributed by atoms with Gasteiger partial charge in [-0.05, 0) is 32.2 Å². The summed E-state index contributed by atoms with van der Waals surface area (Å²) < 4.78 is 0. The highest BCUT2D eigenvalue weighted by Crippen LogP contribution is 2.25. The van der Waals surface area contributed by atoms with Crippen LogP contribution in [-0.2, 0) is 4.79 Å². The fraction of sp³-hybridized carbons (Fsp3) is 0.917. The Morgan fingerprint density at radius 2 is 2.27 bits per heavy atom. The van der Waals surface area contributed by atoms with Crippen molar-refractivity contribution in [1.29, 1.82) is 0 Å². The summed E-state index contributed by atoms with van der Waals surface area (Å²) in [5.41, 5.74) is -0.234. The van der Waals surface area contributed by atoms with E-state index in [9.17, 15) is 4.79 Å². The van der Waals surface area contributed by atoms with E-state index in [1.54, 1.807) is 0 Å². The number of aldehydes is 1. The minimum atomic E-state index is -0.234. The zero-order valence-corrected chi connectivity index (χ0v) is 9.91. The van der Waals surface area contributed by atoms with Crippen LogP contribution in [0.4, 0.5) is 0 Å². The molecule has 15 heavy (non-hydrogen) atoms. The molecule has 0 saturated carbocycles. The van der Waals surface area contributed by atoms with E-state index in [0.717, 1.165) is 32.2 Å². The number of rotatable bonds is 6. The second-order valence-corrected chi connectivity index (χ2v) is 5.24. The van der Waals surface area contributed by atoms with Gasteiger partial charge in [-0.1, -0.05) is 13.8 Å². The largest absolute Gasteiger partial charge is 0.396 e. The lowest BCUT2D eigenvalue weighted by molar-refractivity contribution is -0.115. The van der Waals surface area contributed by atoms with Crippen molar-refractivity contribution >= 4 is 6.29 Å². The molecule has 1 N–H and O–H groups in total. The predicted octanol–water partition coefficient (Wildman–Crippen LogP) is 1.45. The SMILES string of the molecule is CC(C)(C=O)CN1CCCC1CCCO. The third-order valence-electron chi connectivity index (χ3n) is 3.12. The Bertz CT molecular complexity index is 204. The highest BCUT2D eigenvalue weighted by molar-refractivity contribution is 5.58. The molecule has 1 rings (SSSR count). The molecule has 0 radical (unpaired) electrons. The first-order chi connectivity index (χ1) is 7.09. The molecule has 88 valence electrons. The molecule has 1 unspecified atom stereocenters. The number of hydrogen-bond acceptors (Lipinski definition) is 3. The summed E-state index contributed by atoms with van der Waals surface area (Å²) in [6, 6.07) is 0.580. The maximum Gasteiger partial charge on any atom is 0.126 e. The molecule has 0 spiro atoms. The molecule has 1 fully saturated rings. The second-order valence-electron chi connectivity index (χ2n) is 5.24. The first-order valence-corrected chi connectivity index (χ1v) is 5.90. The molecule has 0 amide bonds. The van der Waals surface area contributed by atoms with Crippen molar-refractivity contribution < 1.29 is 9.90 Å². The van der Waals surface area contributed by atoms with E-state index >= 15 is 0 Å². The molecule has 0 aromatic heterocycles. The maximum atomic E-state index is 10.9. The van der Waals surface area contributed by atoms with Crippen molar-refractivity contribution in [1.82, 2.24) is 4.90 Å². The molecular formula is C12H23NO2. The Labute approximate surface area is 92.5 Å². The fourth-order valence-electron chi connectivity index (χ4n) is 2.32. The van der Waals surface area contributed by atoms with E-state index in [1.807, 2.05) is 13.8 Å². The summed E-state index contributed by atoms with van der Waals surface area (Å²) in [4.78, 5) is 13.3. The molecule has 0 aromatic rings. The van der Waals surface area contributed by atoms with Crippen LogP contribution in [0.2, 0.25) is 0 Å². The van der Waals surface area contributed by atoms with Gasteiger partial charge < -0.3 is 9.90 Å². The van der Waals surface area contributed by atoms with Crippen LogP contribution in [0.1, 0.15) is 39.5 Å². The number of aliphatic hydroxyl groups is 1. The highest BCUT2D eigenvalue weighted by atomic mass is 16.2. The smallest absolute Gasteiger partial charge is 0.126 e. The van der Waals surface area contributed by atoms with Crippen LogP contribution in [0, 0.1) is 5.41 Å². The Morgan fingerprint density at radius 3 is 2.87 bits per heavy atom. The molecule has 1 heterocycles. The number of carbonyl (C=O) groups excluding carboxylic acids is 1. The number of likely N-dealkylation sites (tertiary alicyclic amines) is 1. The average molecular weight is 213 g/mol. The lowest BCUT2D eigenvalue weighted by Crippen LogP contribution is -2.38. The average Bonchev–Trinajstić information content (AvgIpc) is 2.62. The van der Waals surface area contributed by atoms with Crippen molar-refractivity contribution in [2.45, 2.75) is 45.6 Å². The van der Waals surface area contributed by atoms with Crippen LogP contribution in [-0.4, -0.2) is 42.0 Å². The number of hydrogen-bond donors (Lipinski definition) is 1. The lowest BCUT2D eigenvalue weighted by atomic mass is 9.94. The Kier molecular flexibility index (Phi) is 4.74. The van der Waals surface area contributed by atoms with Crippen molar-refractivity contribution in [3.8, 4) is 0 Å². The van der Waals surface area contributed by atoms with Gasteiger partial charge in [-0.25, -0.2) is 0 Å². The molecule has 1 aliphatic heterocycles. The summed E-state index contributed by atoms with van der Waals surface area (Å²) in [7, 11) is 0. The third-order valence-corrected chi connectivity index (χ3v) is 3.12. The highest BCUT2D eigenvalue weighted by Gasteiger charge is 2.29. The Morgan fingerprint density at radius 1 is 1.53 bits per heavy atom. The predicted molar refractivity (Wildman–Crippen MR) is 60.8 cm³/mol. The number of carbonyl (C=O) groups is 1. The van der Waals surface area contributed by atoms with Crippen molar-refractivity contribution in [3.63, 3.8) is 0 Å². The standard InChI is InChI=1S/C12H23NO2/c1-12(2,10-15)9-13-7-3-5-11(13)6-4-8-14/h10-11,14H,3-9H2,1-2H3. The van der Waals surface area contributed by atoms with Crippen LogP contribution in [0.25, 0.3) is 0 Å². The van der Waals surface area contributed by atoms with Crippen LogP contribution >= 0.6 is 0 Å². The van der Waals surface area contributed by atoms with Crippen molar-refractivity contribution in [2.75, 3.05) is 19.7 Å². The van der Waals surface area contributed by atoms with Gasteiger partial charge in [0.05, 0.1) is 0 Å². The quantitative estimate of drug-likeness (QED) is 0.679. The van der Waals surface area contributed by atoms with E-state index in [-0.39, 0.29) is 12.0 Å². The molecule has 0 bridgehead atoms. The normalized spacial score (nSPS) is 23.3. The summed E-state index contributed by atoms with van der Waals surface area (Å²) >= 11 is 0. The fourth-order valence-corrected chi connectivity index (χ4v) is 2.32. The van der Waals surface area contributed by atoms with E-state index in [4.69, 9.17) is 5.11 Å². The summed E-state index contributed by atoms with van der Waals surface area (Å²) in [5, 5.41) is 8.82. The van der Waals surface area contributed by atoms with Crippen molar-refractivity contribution in [2.24, 2.45) is 5.41 Å². The third kappa shape index (κ3) is 3.92. The van der Waals surface area contributed by atoms with Gasteiger partial charge in [0.15, 0.2) is 0 Å². The van der Waals surface area contributed by atoms with E-state index in [0.29, 0.717) is 6.04 Å². The molecule has 0 aromatic carbocycles. The second kappa shape index (κ2) is 5.61. The van der Waals surface area contributed by atoms with E-state index in [2.05, 4.69) is 4.90 Å². The van der Waals surface area contributed by atoms with Crippen LogP contribution in [0.5, 0.6) is 0 Å². The summed E-state index contributed by atoms with van der Waals surface area (Å²) in [5.74, 6) is 0. The molecule has 1 saturated heterocycles. The van der Waals surface area contributed by atoms with Crippen molar-refractivity contribution in [3.05, 3.63) is 0 Å². The van der Waals surface area contributed by atoms with Crippen LogP contribution in [0.3, 0.4) is 0 Å². The van der Waals surface area contributed by atoms with Gasteiger partial charge in [-0.15, -0.1) is 0 Å². The topological polar surface area (TPSA) is 40.5 Å². The number of aliphatic hydroxyl groups excluding tert-OH is 1. The zero-order chi connectivity index (χ0) is 11.3. The van der Waals surface area contributed by atoms with E-state index < -0.39 is 0 Å². The van der Waals surface area contributed by atoms with Gasteiger partial charge in [-0.3, -0.25) is 4.90 Å². The maximum absolute atomic E-state index is 10.9.